The zero-order valence-corrected chi connectivity index (χ0v) is 15.1. The predicted octanol–water partition coefficient (Wildman–Crippen LogP) is 3.65. The minimum Gasteiger partial charge on any atom is -0.383 e. The number of nitrogens with one attached hydrogen (secondary N) is 1. The molecule has 9 heteroatoms. The van der Waals surface area contributed by atoms with Gasteiger partial charge < -0.3 is 5.11 Å². The van der Waals surface area contributed by atoms with E-state index in [-0.39, 0.29) is 6.54 Å². The molecule has 0 spiro atoms. The number of aliphatic hydroxyl groups is 1. The zero-order chi connectivity index (χ0) is 18.0. The van der Waals surface area contributed by atoms with Gasteiger partial charge in [0.2, 0.25) is 10.0 Å². The van der Waals surface area contributed by atoms with Gasteiger partial charge >= 0.3 is 0 Å². The molecule has 3 rings (SSSR count). The van der Waals surface area contributed by atoms with Crippen molar-refractivity contribution in [2.75, 3.05) is 0 Å². The molecule has 0 bridgehead atoms. The molecular formula is C16H13F2NO3S3. The van der Waals surface area contributed by atoms with Gasteiger partial charge in [-0.1, -0.05) is 0 Å². The van der Waals surface area contributed by atoms with Crippen LogP contribution < -0.4 is 4.72 Å². The van der Waals surface area contributed by atoms with E-state index in [4.69, 9.17) is 0 Å². The second-order valence-corrected chi connectivity index (χ2v) is 8.94. The molecule has 0 aliphatic carbocycles. The summed E-state index contributed by atoms with van der Waals surface area (Å²) in [4.78, 5) is 0.884. The van der Waals surface area contributed by atoms with E-state index >= 15 is 0 Å². The zero-order valence-electron chi connectivity index (χ0n) is 12.6. The van der Waals surface area contributed by atoms with Crippen molar-refractivity contribution in [1.82, 2.24) is 4.72 Å². The highest BCUT2D eigenvalue weighted by Gasteiger charge is 2.18. The normalized spacial score (nSPS) is 13.1. The van der Waals surface area contributed by atoms with Crippen molar-refractivity contribution in [3.63, 3.8) is 0 Å². The molecule has 4 nitrogen and oxygen atoms in total. The topological polar surface area (TPSA) is 66.4 Å². The van der Waals surface area contributed by atoms with Crippen LogP contribution in [-0.4, -0.2) is 13.5 Å². The SMILES string of the molecule is O=S(=O)(NCc1ccc(C(O)c2ccsc2)s1)c1cc(F)cc(F)c1. The Hall–Kier alpha value is -1.65. The minimum absolute atomic E-state index is 0.0402. The molecule has 2 N–H and O–H groups in total. The van der Waals surface area contributed by atoms with Crippen molar-refractivity contribution >= 4 is 32.7 Å². The molecule has 25 heavy (non-hydrogen) atoms. The molecule has 0 saturated heterocycles. The molecule has 1 atom stereocenters. The van der Waals surface area contributed by atoms with Crippen LogP contribution in [0.25, 0.3) is 0 Å². The van der Waals surface area contributed by atoms with Crippen LogP contribution in [0.5, 0.6) is 0 Å². The smallest absolute Gasteiger partial charge is 0.241 e. The first-order valence-electron chi connectivity index (χ1n) is 7.10. The van der Waals surface area contributed by atoms with Crippen molar-refractivity contribution in [2.45, 2.75) is 17.5 Å². The van der Waals surface area contributed by atoms with E-state index in [1.807, 2.05) is 16.8 Å². The first-order chi connectivity index (χ1) is 11.8. The van der Waals surface area contributed by atoms with E-state index < -0.39 is 32.7 Å². The van der Waals surface area contributed by atoms with Crippen LogP contribution in [-0.2, 0) is 16.6 Å². The van der Waals surface area contributed by atoms with E-state index in [2.05, 4.69) is 4.72 Å². The van der Waals surface area contributed by atoms with E-state index in [1.54, 1.807) is 12.1 Å². The largest absolute Gasteiger partial charge is 0.383 e. The van der Waals surface area contributed by atoms with Crippen LogP contribution in [0, 0.1) is 11.6 Å². The second kappa shape index (κ2) is 7.30. The summed E-state index contributed by atoms with van der Waals surface area (Å²) in [7, 11) is -4.04. The molecular weight excluding hydrogens is 388 g/mol. The van der Waals surface area contributed by atoms with Crippen molar-refractivity contribution in [2.24, 2.45) is 0 Å². The summed E-state index contributed by atoms with van der Waals surface area (Å²) in [5, 5.41) is 14.0. The Morgan fingerprint density at radius 1 is 1.12 bits per heavy atom. The van der Waals surface area contributed by atoms with Crippen LogP contribution in [0.3, 0.4) is 0 Å². The average molecular weight is 401 g/mol. The first kappa shape index (κ1) is 18.2. The Morgan fingerprint density at radius 2 is 1.84 bits per heavy atom. The number of halogens is 2. The number of hydrogen-bond donors (Lipinski definition) is 2. The predicted molar refractivity (Wildman–Crippen MR) is 93.1 cm³/mol. The van der Waals surface area contributed by atoms with Gasteiger partial charge in [-0.05, 0) is 46.7 Å². The van der Waals surface area contributed by atoms with Gasteiger partial charge in [-0.15, -0.1) is 11.3 Å². The molecule has 1 aromatic carbocycles. The quantitative estimate of drug-likeness (QED) is 0.663. The molecule has 0 aliphatic rings. The third-order valence-electron chi connectivity index (χ3n) is 3.39. The summed E-state index contributed by atoms with van der Waals surface area (Å²) in [5.41, 5.74) is 0.772. The third-order valence-corrected chi connectivity index (χ3v) is 6.61. The number of aliphatic hydroxyl groups excluding tert-OH is 1. The second-order valence-electron chi connectivity index (χ2n) is 5.19. The molecule has 132 valence electrons. The highest BCUT2D eigenvalue weighted by Crippen LogP contribution is 2.29. The fourth-order valence-corrected chi connectivity index (χ4v) is 4.95. The number of thiophene rings is 2. The number of benzene rings is 1. The maximum absolute atomic E-state index is 13.2. The van der Waals surface area contributed by atoms with E-state index in [9.17, 15) is 22.3 Å². The third kappa shape index (κ3) is 4.31. The van der Waals surface area contributed by atoms with E-state index in [0.717, 1.165) is 17.7 Å². The Labute approximate surface area is 151 Å². The Morgan fingerprint density at radius 3 is 2.48 bits per heavy atom. The lowest BCUT2D eigenvalue weighted by Gasteiger charge is -2.07. The Bertz CT molecular complexity index is 948. The molecule has 0 radical (unpaired) electrons. The van der Waals surface area contributed by atoms with Gasteiger partial charge in [0.05, 0.1) is 4.90 Å². The standard InChI is InChI=1S/C16H13F2NO3S3/c17-11-5-12(18)7-14(6-11)25(21,22)19-8-13-1-2-15(24-13)16(20)10-3-4-23-9-10/h1-7,9,16,19-20H,8H2. The van der Waals surface area contributed by atoms with Gasteiger partial charge in [0.25, 0.3) is 0 Å². The van der Waals surface area contributed by atoms with Gasteiger partial charge in [-0.25, -0.2) is 21.9 Å². The fraction of sp³-hybridized carbons (Fsp3) is 0.125. The maximum atomic E-state index is 13.2. The number of hydrogen-bond acceptors (Lipinski definition) is 5. The van der Waals surface area contributed by atoms with Crippen LogP contribution >= 0.6 is 22.7 Å². The van der Waals surface area contributed by atoms with Crippen molar-refractivity contribution < 1.29 is 22.3 Å². The Kier molecular flexibility index (Phi) is 5.30. The van der Waals surface area contributed by atoms with E-state index in [0.29, 0.717) is 15.8 Å². The first-order valence-corrected chi connectivity index (χ1v) is 10.3. The van der Waals surface area contributed by atoms with Crippen LogP contribution in [0.2, 0.25) is 0 Å². The van der Waals surface area contributed by atoms with Crippen LogP contribution in [0.4, 0.5) is 8.78 Å². The molecule has 1 unspecified atom stereocenters. The monoisotopic (exact) mass is 401 g/mol. The summed E-state index contributed by atoms with van der Waals surface area (Å²) in [6.45, 7) is -0.0402. The molecule has 0 amide bonds. The van der Waals surface area contributed by atoms with Crippen molar-refractivity contribution in [3.05, 3.63) is 74.1 Å². The highest BCUT2D eigenvalue weighted by molar-refractivity contribution is 7.89. The van der Waals surface area contributed by atoms with Gasteiger partial charge in [-0.3, -0.25) is 0 Å². The summed E-state index contributed by atoms with van der Waals surface area (Å²) in [6.07, 6.45) is -0.765. The summed E-state index contributed by atoms with van der Waals surface area (Å²) in [5.74, 6) is -1.92. The summed E-state index contributed by atoms with van der Waals surface area (Å²) >= 11 is 2.74. The van der Waals surface area contributed by atoms with E-state index in [1.165, 1.54) is 22.7 Å². The average Bonchev–Trinajstić information content (AvgIpc) is 3.23. The van der Waals surface area contributed by atoms with Gasteiger partial charge in [-0.2, -0.15) is 11.3 Å². The summed E-state index contributed by atoms with van der Waals surface area (Å²) in [6, 6.07) is 7.35. The molecule has 2 aromatic heterocycles. The maximum Gasteiger partial charge on any atom is 0.241 e. The van der Waals surface area contributed by atoms with Crippen molar-refractivity contribution in [1.29, 1.82) is 0 Å². The van der Waals surface area contributed by atoms with Crippen LogP contribution in [0.1, 0.15) is 21.4 Å². The van der Waals surface area contributed by atoms with Gasteiger partial charge in [0.15, 0.2) is 0 Å². The number of sulfonamides is 1. The molecule has 0 aliphatic heterocycles. The lowest BCUT2D eigenvalue weighted by Crippen LogP contribution is -2.23. The highest BCUT2D eigenvalue weighted by atomic mass is 32.2. The van der Waals surface area contributed by atoms with Crippen LogP contribution in [0.15, 0.2) is 52.1 Å². The van der Waals surface area contributed by atoms with Crippen molar-refractivity contribution in [3.8, 4) is 0 Å². The number of rotatable bonds is 6. The molecule has 2 heterocycles. The van der Waals surface area contributed by atoms with Gasteiger partial charge in [0, 0.05) is 22.4 Å². The lowest BCUT2D eigenvalue weighted by atomic mass is 10.2. The minimum atomic E-state index is -4.04. The molecule has 0 fully saturated rings. The lowest BCUT2D eigenvalue weighted by molar-refractivity contribution is 0.224. The van der Waals surface area contributed by atoms with Gasteiger partial charge in [0.1, 0.15) is 17.7 Å². The molecule has 0 saturated carbocycles. The fourth-order valence-electron chi connectivity index (χ4n) is 2.16. The molecule has 3 aromatic rings. The summed E-state index contributed by atoms with van der Waals surface area (Å²) < 4.78 is 53.0. The Balaban J connectivity index is 1.71.